The monoisotopic (exact) mass is 501 g/mol. The standard InChI is InChI=1S/C21H19ClFN7O.C2H6.CH4O/c22-16-2-1-13(9-17(16)23)10-19-28-29-20-11-14(12-25-30(19)20)18-3-6-24-21(27-18)26-15-4-7-31-8-5-15;2*1-2/h1-3,6,9,11-12,15H,4-5,7-8,10H2,(H,24,26,27);1-2H3;2H,1H3. The summed E-state index contributed by atoms with van der Waals surface area (Å²) in [5, 5.41) is 23.4. The summed E-state index contributed by atoms with van der Waals surface area (Å²) in [5.74, 6) is 0.723. The van der Waals surface area contributed by atoms with Gasteiger partial charge in [-0.3, -0.25) is 0 Å². The predicted octanol–water partition coefficient (Wildman–Crippen LogP) is 4.19. The summed E-state index contributed by atoms with van der Waals surface area (Å²) in [6.07, 6.45) is 5.68. The van der Waals surface area contributed by atoms with Crippen molar-refractivity contribution in [3.05, 3.63) is 65.0 Å². The highest BCUT2D eigenvalue weighted by atomic mass is 35.5. The van der Waals surface area contributed by atoms with Crippen molar-refractivity contribution in [3.63, 3.8) is 0 Å². The van der Waals surface area contributed by atoms with Gasteiger partial charge in [-0.25, -0.2) is 14.4 Å². The highest BCUT2D eigenvalue weighted by Gasteiger charge is 2.15. The number of halogens is 2. The number of aliphatic hydroxyl groups excluding tert-OH is 1. The fourth-order valence-corrected chi connectivity index (χ4v) is 3.65. The molecule has 0 aliphatic carbocycles. The lowest BCUT2D eigenvalue weighted by molar-refractivity contribution is 0.0903. The number of benzene rings is 1. The quantitative estimate of drug-likeness (QED) is 0.419. The third-order valence-electron chi connectivity index (χ3n) is 5.18. The molecule has 1 fully saturated rings. The molecule has 0 spiro atoms. The molecule has 1 aliphatic rings. The number of rotatable bonds is 5. The van der Waals surface area contributed by atoms with Gasteiger partial charge in [0.1, 0.15) is 5.82 Å². The fourth-order valence-electron chi connectivity index (χ4n) is 3.53. The minimum absolute atomic E-state index is 0.0909. The Bertz CT molecular complexity index is 1230. The molecule has 5 rings (SSSR count). The Morgan fingerprint density at radius 3 is 2.66 bits per heavy atom. The molecule has 1 aromatic carbocycles. The van der Waals surface area contributed by atoms with Gasteiger partial charge in [-0.15, -0.1) is 10.2 Å². The van der Waals surface area contributed by atoms with Crippen LogP contribution >= 0.6 is 11.6 Å². The molecule has 2 N–H and O–H groups in total. The van der Waals surface area contributed by atoms with E-state index in [2.05, 4.69) is 30.6 Å². The first-order valence-electron chi connectivity index (χ1n) is 11.4. The van der Waals surface area contributed by atoms with Crippen molar-refractivity contribution in [2.45, 2.75) is 39.2 Å². The van der Waals surface area contributed by atoms with Gasteiger partial charge in [0.2, 0.25) is 5.95 Å². The molecule has 0 bridgehead atoms. The molecule has 0 saturated carbocycles. The minimum Gasteiger partial charge on any atom is -0.400 e. The molecule has 4 aromatic rings. The van der Waals surface area contributed by atoms with E-state index >= 15 is 0 Å². The summed E-state index contributed by atoms with van der Waals surface area (Å²) < 4.78 is 20.8. The molecule has 0 radical (unpaired) electrons. The van der Waals surface area contributed by atoms with Crippen molar-refractivity contribution in [3.8, 4) is 11.3 Å². The van der Waals surface area contributed by atoms with E-state index in [-0.39, 0.29) is 5.02 Å². The number of nitrogens with one attached hydrogen (secondary N) is 1. The minimum atomic E-state index is -0.461. The molecule has 9 nitrogen and oxygen atoms in total. The average molecular weight is 502 g/mol. The first-order chi connectivity index (χ1) is 17.2. The fraction of sp³-hybridized carbons (Fsp3) is 0.375. The van der Waals surface area contributed by atoms with Crippen molar-refractivity contribution >= 4 is 23.2 Å². The zero-order valence-electron chi connectivity index (χ0n) is 19.9. The number of ether oxygens (including phenoxy) is 1. The SMILES string of the molecule is CC.CO.Fc1cc(Cc2nnc3cc(-c4ccnc(NC5CCOCC5)n4)cnn23)ccc1Cl. The zero-order chi connectivity index (χ0) is 25.2. The predicted molar refractivity (Wildman–Crippen MR) is 133 cm³/mol. The van der Waals surface area contributed by atoms with Gasteiger partial charge >= 0.3 is 0 Å². The van der Waals surface area contributed by atoms with Gasteiger partial charge in [0.25, 0.3) is 0 Å². The number of hydrogen-bond donors (Lipinski definition) is 2. The number of anilines is 1. The van der Waals surface area contributed by atoms with Crippen LogP contribution in [0.1, 0.15) is 38.1 Å². The first-order valence-corrected chi connectivity index (χ1v) is 11.8. The Hall–Kier alpha value is -3.21. The lowest BCUT2D eigenvalue weighted by Gasteiger charge is -2.23. The number of nitrogens with zero attached hydrogens (tertiary/aromatic N) is 6. The Kier molecular flexibility index (Phi) is 9.83. The van der Waals surface area contributed by atoms with Crippen molar-refractivity contribution in [1.29, 1.82) is 0 Å². The number of aromatic nitrogens is 6. The Morgan fingerprint density at radius 1 is 1.14 bits per heavy atom. The molecule has 0 atom stereocenters. The highest BCUT2D eigenvalue weighted by molar-refractivity contribution is 6.30. The molecule has 3 aromatic heterocycles. The third-order valence-corrected chi connectivity index (χ3v) is 5.48. The second-order valence-electron chi connectivity index (χ2n) is 7.35. The normalized spacial score (nSPS) is 13.4. The molecule has 186 valence electrons. The Labute approximate surface area is 208 Å². The Morgan fingerprint density at radius 2 is 1.91 bits per heavy atom. The second kappa shape index (κ2) is 13.0. The van der Waals surface area contributed by atoms with Crippen LogP contribution in [0.4, 0.5) is 10.3 Å². The summed E-state index contributed by atoms with van der Waals surface area (Å²) in [6, 6.07) is 8.69. The van der Waals surface area contributed by atoms with Gasteiger partial charge in [-0.05, 0) is 42.7 Å². The topological polar surface area (TPSA) is 110 Å². The summed E-state index contributed by atoms with van der Waals surface area (Å²) in [6.45, 7) is 5.49. The molecule has 35 heavy (non-hydrogen) atoms. The van der Waals surface area contributed by atoms with Crippen LogP contribution < -0.4 is 5.32 Å². The largest absolute Gasteiger partial charge is 0.400 e. The number of hydrogen-bond acceptors (Lipinski definition) is 8. The molecule has 0 unspecified atom stereocenters. The first kappa shape index (κ1) is 26.4. The maximum absolute atomic E-state index is 13.7. The molecule has 4 heterocycles. The van der Waals surface area contributed by atoms with Crippen LogP contribution in [0.25, 0.3) is 16.9 Å². The van der Waals surface area contributed by atoms with Gasteiger partial charge in [0, 0.05) is 44.5 Å². The maximum Gasteiger partial charge on any atom is 0.223 e. The van der Waals surface area contributed by atoms with E-state index in [1.54, 1.807) is 23.0 Å². The van der Waals surface area contributed by atoms with E-state index in [4.69, 9.17) is 21.4 Å². The van der Waals surface area contributed by atoms with Gasteiger partial charge in [-0.2, -0.15) is 9.61 Å². The van der Waals surface area contributed by atoms with Gasteiger partial charge < -0.3 is 15.2 Å². The highest BCUT2D eigenvalue weighted by Crippen LogP contribution is 2.21. The summed E-state index contributed by atoms with van der Waals surface area (Å²) >= 11 is 5.76. The summed E-state index contributed by atoms with van der Waals surface area (Å²) in [5.41, 5.74) is 2.87. The molecule has 0 amide bonds. The summed E-state index contributed by atoms with van der Waals surface area (Å²) in [4.78, 5) is 8.95. The molecular formula is C24H29ClFN7O2. The Balaban J connectivity index is 0.000000815. The van der Waals surface area contributed by atoms with Crippen LogP contribution in [0, 0.1) is 5.82 Å². The van der Waals surface area contributed by atoms with E-state index in [9.17, 15) is 4.39 Å². The van der Waals surface area contributed by atoms with Crippen molar-refractivity contribution in [1.82, 2.24) is 29.8 Å². The van der Waals surface area contributed by atoms with Gasteiger partial charge in [0.05, 0.1) is 16.9 Å². The third kappa shape index (κ3) is 6.68. The van der Waals surface area contributed by atoms with Crippen LogP contribution in [0.5, 0.6) is 0 Å². The van der Waals surface area contributed by atoms with E-state index in [0.29, 0.717) is 29.9 Å². The molecule has 11 heteroatoms. The second-order valence-corrected chi connectivity index (χ2v) is 7.76. The number of fused-ring (bicyclic) bond motifs is 1. The molecular weight excluding hydrogens is 473 g/mol. The van der Waals surface area contributed by atoms with Gasteiger partial charge in [-0.1, -0.05) is 31.5 Å². The average Bonchev–Trinajstić information content (AvgIpc) is 3.31. The van der Waals surface area contributed by atoms with Crippen LogP contribution in [0.3, 0.4) is 0 Å². The van der Waals surface area contributed by atoms with E-state index in [1.165, 1.54) is 12.1 Å². The van der Waals surface area contributed by atoms with Crippen LogP contribution in [0.2, 0.25) is 5.02 Å². The molecule has 1 saturated heterocycles. The van der Waals surface area contributed by atoms with E-state index in [0.717, 1.165) is 50.0 Å². The maximum atomic E-state index is 13.7. The lowest BCUT2D eigenvalue weighted by Crippen LogP contribution is -2.28. The van der Waals surface area contributed by atoms with Crippen LogP contribution in [-0.2, 0) is 11.2 Å². The number of aliphatic hydroxyl groups is 1. The van der Waals surface area contributed by atoms with Crippen molar-refractivity contribution in [2.75, 3.05) is 25.6 Å². The van der Waals surface area contributed by atoms with E-state index < -0.39 is 5.82 Å². The summed E-state index contributed by atoms with van der Waals surface area (Å²) in [7, 11) is 1.00. The van der Waals surface area contributed by atoms with Crippen molar-refractivity contribution in [2.24, 2.45) is 0 Å². The van der Waals surface area contributed by atoms with E-state index in [1.807, 2.05) is 26.0 Å². The van der Waals surface area contributed by atoms with Crippen molar-refractivity contribution < 1.29 is 14.2 Å². The zero-order valence-corrected chi connectivity index (χ0v) is 20.7. The molecule has 1 aliphatic heterocycles. The van der Waals surface area contributed by atoms with Crippen LogP contribution in [-0.4, -0.2) is 61.3 Å². The van der Waals surface area contributed by atoms with Gasteiger partial charge in [0.15, 0.2) is 11.5 Å². The smallest absolute Gasteiger partial charge is 0.223 e. The lowest BCUT2D eigenvalue weighted by atomic mass is 10.1. The van der Waals surface area contributed by atoms with Crippen LogP contribution in [0.15, 0.2) is 42.7 Å².